The van der Waals surface area contributed by atoms with Crippen LogP contribution in [0.15, 0.2) is 65.1 Å². The molecular formula is C27H29N11O2. The van der Waals surface area contributed by atoms with E-state index in [4.69, 9.17) is 10.7 Å². The fourth-order valence-electron chi connectivity index (χ4n) is 4.43. The number of aryl methyl sites for hydroxylation is 1. The molecule has 5 rings (SSSR count). The van der Waals surface area contributed by atoms with E-state index in [9.17, 15) is 9.59 Å². The summed E-state index contributed by atoms with van der Waals surface area (Å²) in [6.45, 7) is 4.66. The molecule has 1 aliphatic rings. The third-order valence-corrected chi connectivity index (χ3v) is 6.28. The molecule has 0 bridgehead atoms. The maximum atomic E-state index is 12.4. The van der Waals surface area contributed by atoms with E-state index in [0.29, 0.717) is 28.8 Å². The van der Waals surface area contributed by atoms with Crippen LogP contribution in [0, 0.1) is 6.92 Å². The van der Waals surface area contributed by atoms with Gasteiger partial charge in [0.2, 0.25) is 11.9 Å². The van der Waals surface area contributed by atoms with Gasteiger partial charge in [0, 0.05) is 38.1 Å². The molecular weight excluding hydrogens is 510 g/mol. The lowest BCUT2D eigenvalue weighted by Crippen LogP contribution is -2.31. The second-order valence-corrected chi connectivity index (χ2v) is 9.25. The van der Waals surface area contributed by atoms with E-state index < -0.39 is 5.91 Å². The topological polar surface area (TPSA) is 169 Å². The maximum Gasteiger partial charge on any atom is 0.254 e. The Bertz CT molecular complexity index is 1550. The van der Waals surface area contributed by atoms with E-state index in [1.807, 2.05) is 30.3 Å². The zero-order valence-electron chi connectivity index (χ0n) is 22.2. The number of pyridine rings is 1. The average Bonchev–Trinajstić information content (AvgIpc) is 3.29. The number of piperidine rings is 1. The number of hydrogen-bond acceptors (Lipinski definition) is 10. The van der Waals surface area contributed by atoms with Crippen molar-refractivity contribution in [2.24, 2.45) is 16.0 Å². The molecule has 13 heteroatoms. The fourth-order valence-corrected chi connectivity index (χ4v) is 4.43. The van der Waals surface area contributed by atoms with Gasteiger partial charge in [-0.15, -0.1) is 10.2 Å². The van der Waals surface area contributed by atoms with Gasteiger partial charge < -0.3 is 21.3 Å². The lowest BCUT2D eigenvalue weighted by molar-refractivity contribution is -0.114. The molecule has 4 aromatic rings. The number of azo groups is 1. The van der Waals surface area contributed by atoms with Crippen molar-refractivity contribution in [3.63, 3.8) is 0 Å². The Morgan fingerprint density at radius 1 is 0.950 bits per heavy atom. The van der Waals surface area contributed by atoms with Gasteiger partial charge in [-0.1, -0.05) is 18.2 Å². The number of aromatic nitrogens is 5. The molecule has 13 nitrogen and oxygen atoms in total. The molecule has 1 aliphatic heterocycles. The number of amides is 2. The molecule has 1 saturated heterocycles. The second kappa shape index (κ2) is 11.7. The van der Waals surface area contributed by atoms with E-state index in [2.05, 4.69) is 40.8 Å². The number of para-hydroxylation sites is 1. The van der Waals surface area contributed by atoms with Crippen molar-refractivity contribution in [2.75, 3.05) is 28.6 Å². The minimum absolute atomic E-state index is 0.128. The lowest BCUT2D eigenvalue weighted by Gasteiger charge is -2.27. The summed E-state index contributed by atoms with van der Waals surface area (Å²) in [6, 6.07) is 12.8. The maximum absolute atomic E-state index is 12.4. The highest BCUT2D eigenvalue weighted by atomic mass is 16.1. The van der Waals surface area contributed by atoms with Gasteiger partial charge in [0.1, 0.15) is 5.56 Å². The Hall–Kier alpha value is -5.20. The van der Waals surface area contributed by atoms with Crippen molar-refractivity contribution >= 4 is 46.6 Å². The number of carbonyl (C=O) groups excluding carboxylic acids is 2. The van der Waals surface area contributed by atoms with Crippen LogP contribution in [0.4, 0.5) is 34.8 Å². The van der Waals surface area contributed by atoms with Crippen LogP contribution in [-0.4, -0.2) is 49.6 Å². The average molecular weight is 540 g/mol. The molecule has 2 amide bonds. The zero-order chi connectivity index (χ0) is 28.1. The molecule has 204 valence electrons. The number of primary amides is 1. The highest BCUT2D eigenvalue weighted by molar-refractivity contribution is 5.98. The first-order valence-electron chi connectivity index (χ1n) is 12.9. The zero-order valence-corrected chi connectivity index (χ0v) is 22.2. The quantitative estimate of drug-likeness (QED) is 0.273. The first-order chi connectivity index (χ1) is 19.4. The van der Waals surface area contributed by atoms with Crippen molar-refractivity contribution in [2.45, 2.75) is 33.1 Å². The van der Waals surface area contributed by atoms with Gasteiger partial charge in [-0.05, 0) is 50.5 Å². The number of rotatable bonds is 8. The number of nitrogens with two attached hydrogens (primary N) is 1. The normalized spacial score (nSPS) is 13.4. The molecule has 0 unspecified atom stereocenters. The second-order valence-electron chi connectivity index (χ2n) is 9.25. The Morgan fingerprint density at radius 3 is 2.33 bits per heavy atom. The van der Waals surface area contributed by atoms with Gasteiger partial charge in [0.05, 0.1) is 11.4 Å². The van der Waals surface area contributed by atoms with Gasteiger partial charge in [-0.3, -0.25) is 14.6 Å². The molecule has 0 aliphatic carbocycles. The molecule has 0 radical (unpaired) electrons. The van der Waals surface area contributed by atoms with Crippen LogP contribution in [0.2, 0.25) is 0 Å². The summed E-state index contributed by atoms with van der Waals surface area (Å²) < 4.78 is 1.50. The number of benzene rings is 1. The first-order valence-corrected chi connectivity index (χ1v) is 12.9. The van der Waals surface area contributed by atoms with Crippen molar-refractivity contribution in [1.29, 1.82) is 0 Å². The predicted molar refractivity (Wildman–Crippen MR) is 151 cm³/mol. The highest BCUT2D eigenvalue weighted by Crippen LogP contribution is 2.37. The van der Waals surface area contributed by atoms with Crippen molar-refractivity contribution in [3.8, 4) is 5.69 Å². The summed E-state index contributed by atoms with van der Waals surface area (Å²) in [5, 5.41) is 19.4. The largest absolute Gasteiger partial charge is 0.365 e. The van der Waals surface area contributed by atoms with Crippen LogP contribution in [0.25, 0.3) is 5.69 Å². The number of anilines is 4. The number of carbonyl (C=O) groups is 2. The summed E-state index contributed by atoms with van der Waals surface area (Å²) in [7, 11) is 0. The monoisotopic (exact) mass is 539 g/mol. The van der Waals surface area contributed by atoms with E-state index in [1.165, 1.54) is 11.6 Å². The molecule has 3 aromatic heterocycles. The molecule has 0 saturated carbocycles. The van der Waals surface area contributed by atoms with Gasteiger partial charge in [-0.2, -0.15) is 15.1 Å². The van der Waals surface area contributed by atoms with E-state index in [-0.39, 0.29) is 28.8 Å². The first kappa shape index (κ1) is 26.4. The summed E-state index contributed by atoms with van der Waals surface area (Å²) in [5.41, 5.74) is 7.77. The van der Waals surface area contributed by atoms with E-state index in [0.717, 1.165) is 32.4 Å². The Labute approximate surface area is 230 Å². The minimum Gasteiger partial charge on any atom is -0.365 e. The van der Waals surface area contributed by atoms with Crippen molar-refractivity contribution in [3.05, 3.63) is 66.1 Å². The van der Waals surface area contributed by atoms with Crippen LogP contribution in [0.1, 0.15) is 42.2 Å². The smallest absolute Gasteiger partial charge is 0.254 e. The standard InChI is InChI=1S/C27H29N11O2/c1-17-21(23(28)40)26(38(36-17)20-9-5-3-6-10-20)35-34-22-24(30-18(2)39)32-27(37-15-7-4-8-16-37)33-25(22)31-19-11-13-29-14-12-19/h3,5-6,9-14H,4,7-8,15-16H2,1-2H3,(H2,28,40)(H2,29,30,31,32,33,39). The van der Waals surface area contributed by atoms with Crippen molar-refractivity contribution in [1.82, 2.24) is 24.7 Å². The minimum atomic E-state index is -0.692. The number of hydrogen-bond donors (Lipinski definition) is 3. The van der Waals surface area contributed by atoms with Gasteiger partial charge >= 0.3 is 0 Å². The highest BCUT2D eigenvalue weighted by Gasteiger charge is 2.24. The van der Waals surface area contributed by atoms with E-state index in [1.54, 1.807) is 31.5 Å². The third-order valence-electron chi connectivity index (χ3n) is 6.28. The van der Waals surface area contributed by atoms with Crippen LogP contribution in [0.3, 0.4) is 0 Å². The molecule has 40 heavy (non-hydrogen) atoms. The lowest BCUT2D eigenvalue weighted by atomic mass is 10.1. The molecule has 4 heterocycles. The van der Waals surface area contributed by atoms with Crippen LogP contribution < -0.4 is 21.3 Å². The molecule has 1 fully saturated rings. The van der Waals surface area contributed by atoms with Gasteiger partial charge in [0.15, 0.2) is 23.1 Å². The van der Waals surface area contributed by atoms with Crippen LogP contribution in [0.5, 0.6) is 0 Å². The predicted octanol–water partition coefficient (Wildman–Crippen LogP) is 4.57. The SMILES string of the molecule is CC(=O)Nc1nc(N2CCCCC2)nc(Nc2ccncc2)c1N=Nc1c(C(N)=O)c(C)nn1-c1ccccc1. The summed E-state index contributed by atoms with van der Waals surface area (Å²) in [5.74, 6) is 0.0611. The Kier molecular flexibility index (Phi) is 7.71. The summed E-state index contributed by atoms with van der Waals surface area (Å²) in [6.07, 6.45) is 6.47. The third kappa shape index (κ3) is 5.77. The Morgan fingerprint density at radius 2 is 1.65 bits per heavy atom. The van der Waals surface area contributed by atoms with Crippen LogP contribution >= 0.6 is 0 Å². The van der Waals surface area contributed by atoms with E-state index >= 15 is 0 Å². The molecule has 1 aromatic carbocycles. The fraction of sp³-hybridized carbons (Fsp3) is 0.259. The molecule has 4 N–H and O–H groups in total. The number of nitrogens with one attached hydrogen (secondary N) is 2. The van der Waals surface area contributed by atoms with Gasteiger partial charge in [-0.25, -0.2) is 4.68 Å². The van der Waals surface area contributed by atoms with Crippen molar-refractivity contribution < 1.29 is 9.59 Å². The Balaban J connectivity index is 1.67. The summed E-state index contributed by atoms with van der Waals surface area (Å²) >= 11 is 0. The number of nitrogens with zero attached hydrogens (tertiary/aromatic N) is 8. The van der Waals surface area contributed by atoms with Gasteiger partial charge in [0.25, 0.3) is 5.91 Å². The summed E-state index contributed by atoms with van der Waals surface area (Å²) in [4.78, 5) is 40.2. The van der Waals surface area contributed by atoms with Crippen LogP contribution in [-0.2, 0) is 4.79 Å². The molecule has 0 spiro atoms. The molecule has 0 atom stereocenters.